The Morgan fingerprint density at radius 3 is 0.624 bits per heavy atom. The van der Waals surface area contributed by atoms with E-state index in [1.54, 1.807) is 0 Å². The van der Waals surface area contributed by atoms with Gasteiger partial charge >= 0.3 is 39.5 Å². The molecule has 0 spiro atoms. The zero-order valence-electron chi connectivity index (χ0n) is 71.9. The van der Waals surface area contributed by atoms with Gasteiger partial charge in [0.1, 0.15) is 19.3 Å². The molecule has 0 saturated heterocycles. The Morgan fingerprint density at radius 2 is 0.422 bits per heavy atom. The van der Waals surface area contributed by atoms with Crippen LogP contribution < -0.4 is 0 Å². The topological polar surface area (TPSA) is 237 Å². The van der Waals surface area contributed by atoms with Crippen LogP contribution in [-0.4, -0.2) is 96.7 Å². The van der Waals surface area contributed by atoms with Crippen molar-refractivity contribution in [2.45, 2.75) is 503 Å². The van der Waals surface area contributed by atoms with Gasteiger partial charge in [-0.25, -0.2) is 9.13 Å². The Balaban J connectivity index is 5.22. The van der Waals surface area contributed by atoms with E-state index in [2.05, 4.69) is 41.5 Å². The minimum Gasteiger partial charge on any atom is -0.462 e. The fourth-order valence-corrected chi connectivity index (χ4v) is 15.7. The second-order valence-electron chi connectivity index (χ2n) is 33.3. The second-order valence-corrected chi connectivity index (χ2v) is 36.2. The van der Waals surface area contributed by atoms with Gasteiger partial charge in [-0.1, -0.05) is 433 Å². The van der Waals surface area contributed by atoms with E-state index in [1.165, 1.54) is 302 Å². The summed E-state index contributed by atoms with van der Waals surface area (Å²) in [5.41, 5.74) is 0. The van der Waals surface area contributed by atoms with Gasteiger partial charge in [0.05, 0.1) is 26.4 Å². The van der Waals surface area contributed by atoms with Crippen LogP contribution in [0.15, 0.2) is 0 Å². The molecule has 0 aromatic carbocycles. The highest BCUT2D eigenvalue weighted by Crippen LogP contribution is 2.45. The van der Waals surface area contributed by atoms with Crippen molar-refractivity contribution in [3.05, 3.63) is 0 Å². The maximum atomic E-state index is 13.2. The SMILES string of the molecule is CCCCCCCCCCCCCCCCCCCCCCCCC(=O)O[C@H](COC(=O)CCCCCCCCCCCCCCCCCCCCC(C)C)COP(=O)(O)OC[C@@H](O)COP(=O)(O)OC[C@@H](COC(=O)CCCCCCCCCCCCC)OC(=O)CCCCCCCCCCCCCCC(C)C. The number of aliphatic hydroxyl groups excluding tert-OH is 1. The van der Waals surface area contributed by atoms with E-state index in [9.17, 15) is 43.2 Å². The second kappa shape index (κ2) is 81.2. The molecule has 0 aromatic rings. The monoisotopic (exact) mass is 1590 g/mol. The lowest BCUT2D eigenvalue weighted by molar-refractivity contribution is -0.161. The van der Waals surface area contributed by atoms with E-state index in [0.717, 1.165) is 102 Å². The Kier molecular flexibility index (Phi) is 79.8. The number of aliphatic hydroxyl groups is 1. The van der Waals surface area contributed by atoms with E-state index in [1.807, 2.05) is 0 Å². The van der Waals surface area contributed by atoms with Gasteiger partial charge in [-0.15, -0.1) is 0 Å². The summed E-state index contributed by atoms with van der Waals surface area (Å²) in [5.74, 6) is -0.498. The molecule has 0 aliphatic heterocycles. The molecule has 0 aliphatic carbocycles. The molecule has 0 saturated carbocycles. The molecule has 0 fully saturated rings. The molecular formula is C90H176O17P2. The lowest BCUT2D eigenvalue weighted by Gasteiger charge is -2.21. The molecule has 0 radical (unpaired) electrons. The van der Waals surface area contributed by atoms with Gasteiger partial charge < -0.3 is 33.8 Å². The molecule has 109 heavy (non-hydrogen) atoms. The first-order valence-corrected chi connectivity index (χ1v) is 49.5. The number of hydrogen-bond acceptors (Lipinski definition) is 15. The molecule has 0 bridgehead atoms. The maximum Gasteiger partial charge on any atom is 0.472 e. The van der Waals surface area contributed by atoms with Crippen LogP contribution in [0.1, 0.15) is 485 Å². The predicted octanol–water partition coefficient (Wildman–Crippen LogP) is 27.8. The van der Waals surface area contributed by atoms with Gasteiger partial charge in [-0.2, -0.15) is 0 Å². The lowest BCUT2D eigenvalue weighted by atomic mass is 10.0. The summed E-state index contributed by atoms with van der Waals surface area (Å²) in [6, 6.07) is 0. The van der Waals surface area contributed by atoms with Crippen LogP contribution in [0.3, 0.4) is 0 Å². The minimum atomic E-state index is -4.97. The van der Waals surface area contributed by atoms with E-state index < -0.39 is 97.5 Å². The van der Waals surface area contributed by atoms with Gasteiger partial charge in [0.25, 0.3) is 0 Å². The van der Waals surface area contributed by atoms with Crippen molar-refractivity contribution in [2.24, 2.45) is 11.8 Å². The molecule has 0 rings (SSSR count). The fourth-order valence-electron chi connectivity index (χ4n) is 14.1. The van der Waals surface area contributed by atoms with Crippen molar-refractivity contribution < 1.29 is 80.2 Å². The van der Waals surface area contributed by atoms with Crippen molar-refractivity contribution in [3.63, 3.8) is 0 Å². The van der Waals surface area contributed by atoms with Crippen LogP contribution in [-0.2, 0) is 65.4 Å². The molecular weight excluding hydrogens is 1410 g/mol. The molecule has 0 aromatic heterocycles. The normalized spacial score (nSPS) is 13.8. The number of unbranched alkanes of at least 4 members (excludes halogenated alkanes) is 59. The third-order valence-electron chi connectivity index (χ3n) is 21.2. The van der Waals surface area contributed by atoms with Gasteiger partial charge in [0.2, 0.25) is 0 Å². The van der Waals surface area contributed by atoms with Crippen molar-refractivity contribution in [1.29, 1.82) is 0 Å². The smallest absolute Gasteiger partial charge is 0.462 e. The van der Waals surface area contributed by atoms with Crippen LogP contribution in [0.4, 0.5) is 0 Å². The zero-order valence-corrected chi connectivity index (χ0v) is 73.7. The summed E-state index contributed by atoms with van der Waals surface area (Å²) in [5, 5.41) is 10.7. The summed E-state index contributed by atoms with van der Waals surface area (Å²) in [7, 11) is -9.93. The van der Waals surface area contributed by atoms with Crippen molar-refractivity contribution >= 4 is 39.5 Å². The van der Waals surface area contributed by atoms with E-state index in [-0.39, 0.29) is 25.7 Å². The van der Waals surface area contributed by atoms with Crippen LogP contribution in [0.25, 0.3) is 0 Å². The van der Waals surface area contributed by atoms with Gasteiger partial charge in [0, 0.05) is 25.7 Å². The number of carbonyl (C=O) groups excluding carboxylic acids is 4. The van der Waals surface area contributed by atoms with Crippen LogP contribution in [0, 0.1) is 11.8 Å². The largest absolute Gasteiger partial charge is 0.472 e. The maximum absolute atomic E-state index is 13.2. The molecule has 2 unspecified atom stereocenters. The molecule has 19 heteroatoms. The number of carbonyl (C=O) groups is 4. The van der Waals surface area contributed by atoms with Crippen molar-refractivity contribution in [2.75, 3.05) is 39.6 Å². The minimum absolute atomic E-state index is 0.108. The average molecular weight is 1590 g/mol. The van der Waals surface area contributed by atoms with Crippen LogP contribution >= 0.6 is 15.6 Å². The number of rotatable bonds is 89. The van der Waals surface area contributed by atoms with E-state index >= 15 is 0 Å². The molecule has 0 aliphatic rings. The number of phosphoric ester groups is 2. The van der Waals surface area contributed by atoms with E-state index in [0.29, 0.717) is 25.7 Å². The fraction of sp³-hybridized carbons (Fsp3) is 0.956. The van der Waals surface area contributed by atoms with Crippen molar-refractivity contribution in [3.8, 4) is 0 Å². The number of phosphoric acid groups is 2. The average Bonchev–Trinajstić information content (AvgIpc) is 0.898. The quantitative estimate of drug-likeness (QED) is 0.0222. The van der Waals surface area contributed by atoms with Gasteiger partial charge in [-0.3, -0.25) is 37.3 Å². The summed E-state index contributed by atoms with van der Waals surface area (Å²) in [6.07, 6.45) is 75.1. The van der Waals surface area contributed by atoms with Crippen LogP contribution in [0.5, 0.6) is 0 Å². The summed E-state index contributed by atoms with van der Waals surface area (Å²) >= 11 is 0. The molecule has 648 valence electrons. The molecule has 3 N–H and O–H groups in total. The first-order chi connectivity index (χ1) is 52.9. The first kappa shape index (κ1) is 107. The third kappa shape index (κ3) is 83.8. The highest BCUT2D eigenvalue weighted by molar-refractivity contribution is 7.47. The highest BCUT2D eigenvalue weighted by atomic mass is 31.2. The Morgan fingerprint density at radius 1 is 0.248 bits per heavy atom. The van der Waals surface area contributed by atoms with Gasteiger partial charge in [0.15, 0.2) is 12.2 Å². The van der Waals surface area contributed by atoms with E-state index in [4.69, 9.17) is 37.0 Å². The standard InChI is InChI=1S/C90H176O17P2/c1-7-9-11-13-15-17-19-20-21-22-23-24-25-26-31-34-37-44-50-56-62-68-74-89(94)106-86(79-101-88(93)73-67-61-55-49-43-36-33-30-28-27-29-32-35-41-46-52-58-64-70-82(3)4)81-105-109(98,99)103-77-84(91)76-102-108(96,97)104-80-85(78-100-87(92)72-66-60-54-48-40-18-16-14-12-10-8-2)107-90(95)75-69-63-57-51-45-39-38-42-47-53-59-65-71-83(5)6/h82-86,91H,7-81H2,1-6H3,(H,96,97)(H,98,99)/t84-,85+,86+/m0/s1. The number of hydrogen-bond donors (Lipinski definition) is 3. The first-order valence-electron chi connectivity index (χ1n) is 46.5. The molecule has 5 atom stereocenters. The number of ether oxygens (including phenoxy) is 4. The number of esters is 4. The Labute approximate surface area is 670 Å². The Bertz CT molecular complexity index is 2080. The van der Waals surface area contributed by atoms with Crippen LogP contribution in [0.2, 0.25) is 0 Å². The van der Waals surface area contributed by atoms with Crippen molar-refractivity contribution in [1.82, 2.24) is 0 Å². The predicted molar refractivity (Wildman–Crippen MR) is 451 cm³/mol. The summed E-state index contributed by atoms with van der Waals surface area (Å²) in [6.45, 7) is 9.73. The molecule has 0 amide bonds. The summed E-state index contributed by atoms with van der Waals surface area (Å²) < 4.78 is 69.0. The zero-order chi connectivity index (χ0) is 79.9. The third-order valence-corrected chi connectivity index (χ3v) is 23.1. The molecule has 17 nitrogen and oxygen atoms in total. The summed E-state index contributed by atoms with van der Waals surface area (Å²) in [4.78, 5) is 73.3. The Hall–Kier alpha value is -1.94. The molecule has 0 heterocycles. The van der Waals surface area contributed by atoms with Gasteiger partial charge in [-0.05, 0) is 37.5 Å². The lowest BCUT2D eigenvalue weighted by Crippen LogP contribution is -2.30. The highest BCUT2D eigenvalue weighted by Gasteiger charge is 2.31.